The smallest absolute Gasteiger partial charge is 0.320 e. The van der Waals surface area contributed by atoms with Crippen LogP contribution in [0.3, 0.4) is 0 Å². The average molecular weight is 364 g/mol. The zero-order valence-electron chi connectivity index (χ0n) is 13.8. The molecule has 2 aromatic rings. The largest absolute Gasteiger partial charge is 0.334 e. The molecule has 1 amide bonds. The third-order valence-electron chi connectivity index (χ3n) is 4.16. The molecular weight excluding hydrogens is 346 g/mol. The second-order valence-corrected chi connectivity index (χ2v) is 6.43. The Hall–Kier alpha value is -2.45. The lowest BCUT2D eigenvalue weighted by Crippen LogP contribution is -2.48. The fourth-order valence-electron chi connectivity index (χ4n) is 2.91. The van der Waals surface area contributed by atoms with Gasteiger partial charge in [0.25, 0.3) is 5.91 Å². The van der Waals surface area contributed by atoms with Crippen molar-refractivity contribution in [2.24, 2.45) is 7.05 Å². The number of aromatic nitrogens is 2. The monoisotopic (exact) mass is 363 g/mol. The maximum atomic E-state index is 12.6. The average Bonchev–Trinajstić information content (AvgIpc) is 2.97. The number of nitrogens with zero attached hydrogens (tertiary/aromatic N) is 5. The van der Waals surface area contributed by atoms with Crippen molar-refractivity contribution in [1.82, 2.24) is 19.6 Å². The molecule has 0 spiro atoms. The second-order valence-electron chi connectivity index (χ2n) is 5.99. The van der Waals surface area contributed by atoms with Gasteiger partial charge in [0.05, 0.1) is 4.92 Å². The van der Waals surface area contributed by atoms with Crippen LogP contribution in [-0.4, -0.2) is 56.6 Å². The van der Waals surface area contributed by atoms with Crippen molar-refractivity contribution in [3.05, 3.63) is 56.9 Å². The lowest BCUT2D eigenvalue weighted by atomic mass is 10.2. The normalized spacial score (nSPS) is 15.4. The quantitative estimate of drug-likeness (QED) is 0.612. The number of aryl methyl sites for hydroxylation is 1. The highest BCUT2D eigenvalue weighted by Gasteiger charge is 2.30. The number of rotatable bonds is 4. The van der Waals surface area contributed by atoms with E-state index in [1.165, 1.54) is 10.9 Å². The van der Waals surface area contributed by atoms with E-state index in [2.05, 4.69) is 10.00 Å². The fourth-order valence-corrected chi connectivity index (χ4v) is 3.13. The summed E-state index contributed by atoms with van der Waals surface area (Å²) in [5.74, 6) is -0.394. The Kier molecular flexibility index (Phi) is 5.00. The summed E-state index contributed by atoms with van der Waals surface area (Å²) in [5, 5.41) is 15.7. The molecule has 0 radical (unpaired) electrons. The second kappa shape index (κ2) is 7.20. The van der Waals surface area contributed by atoms with Gasteiger partial charge in [0.1, 0.15) is 6.20 Å². The van der Waals surface area contributed by atoms with Crippen LogP contribution >= 0.6 is 11.6 Å². The molecule has 1 aromatic heterocycles. The van der Waals surface area contributed by atoms with E-state index in [4.69, 9.17) is 11.6 Å². The number of hydrogen-bond acceptors (Lipinski definition) is 5. The first kappa shape index (κ1) is 17.4. The van der Waals surface area contributed by atoms with Crippen LogP contribution in [0.25, 0.3) is 0 Å². The molecule has 0 bridgehead atoms. The fraction of sp³-hybridized carbons (Fsp3) is 0.375. The van der Waals surface area contributed by atoms with Crippen LogP contribution in [0, 0.1) is 10.1 Å². The van der Waals surface area contributed by atoms with Crippen LogP contribution in [-0.2, 0) is 13.6 Å². The van der Waals surface area contributed by atoms with Crippen LogP contribution in [0.4, 0.5) is 5.69 Å². The summed E-state index contributed by atoms with van der Waals surface area (Å²) in [6, 6.07) is 7.69. The van der Waals surface area contributed by atoms with Gasteiger partial charge in [0.2, 0.25) is 5.69 Å². The van der Waals surface area contributed by atoms with Gasteiger partial charge in [-0.3, -0.25) is 24.5 Å². The van der Waals surface area contributed by atoms with Gasteiger partial charge >= 0.3 is 5.69 Å². The minimum atomic E-state index is -0.574. The summed E-state index contributed by atoms with van der Waals surface area (Å²) in [5.41, 5.74) is 0.761. The highest BCUT2D eigenvalue weighted by Crippen LogP contribution is 2.19. The predicted molar refractivity (Wildman–Crippen MR) is 92.5 cm³/mol. The van der Waals surface area contributed by atoms with Gasteiger partial charge in [-0.25, -0.2) is 0 Å². The van der Waals surface area contributed by atoms with Gasteiger partial charge in [-0.15, -0.1) is 0 Å². The molecule has 9 heteroatoms. The molecule has 132 valence electrons. The topological polar surface area (TPSA) is 84.5 Å². The lowest BCUT2D eigenvalue weighted by molar-refractivity contribution is -0.385. The zero-order valence-corrected chi connectivity index (χ0v) is 14.5. The van der Waals surface area contributed by atoms with Crippen molar-refractivity contribution in [2.45, 2.75) is 6.54 Å². The summed E-state index contributed by atoms with van der Waals surface area (Å²) >= 11 is 6.00. The van der Waals surface area contributed by atoms with Crippen LogP contribution in [0.15, 0.2) is 30.5 Å². The number of halogens is 1. The molecule has 0 unspecified atom stereocenters. The molecule has 3 rings (SSSR count). The van der Waals surface area contributed by atoms with Gasteiger partial charge in [-0.05, 0) is 17.7 Å². The molecule has 2 heterocycles. The third kappa shape index (κ3) is 3.97. The minimum Gasteiger partial charge on any atom is -0.334 e. The molecule has 0 atom stereocenters. The van der Waals surface area contributed by atoms with Crippen molar-refractivity contribution in [3.8, 4) is 0 Å². The van der Waals surface area contributed by atoms with E-state index in [0.29, 0.717) is 31.2 Å². The van der Waals surface area contributed by atoms with Gasteiger partial charge in [-0.2, -0.15) is 5.10 Å². The van der Waals surface area contributed by atoms with E-state index >= 15 is 0 Å². The molecule has 0 aliphatic carbocycles. The van der Waals surface area contributed by atoms with Crippen molar-refractivity contribution in [2.75, 3.05) is 26.2 Å². The van der Waals surface area contributed by atoms with Gasteiger partial charge in [-0.1, -0.05) is 23.7 Å². The first-order valence-electron chi connectivity index (χ1n) is 7.88. The van der Waals surface area contributed by atoms with Crippen molar-refractivity contribution in [3.63, 3.8) is 0 Å². The van der Waals surface area contributed by atoms with E-state index in [0.717, 1.165) is 12.1 Å². The molecule has 1 aromatic carbocycles. The molecule has 1 aliphatic rings. The van der Waals surface area contributed by atoms with Gasteiger partial charge in [0.15, 0.2) is 0 Å². The number of piperazine rings is 1. The summed E-state index contributed by atoms with van der Waals surface area (Å²) in [6.07, 6.45) is 1.25. The van der Waals surface area contributed by atoms with E-state index in [1.54, 1.807) is 11.9 Å². The maximum absolute atomic E-state index is 12.6. The van der Waals surface area contributed by atoms with Crippen LogP contribution in [0.1, 0.15) is 16.1 Å². The van der Waals surface area contributed by atoms with E-state index in [9.17, 15) is 14.9 Å². The molecule has 0 N–H and O–H groups in total. The molecule has 8 nitrogen and oxygen atoms in total. The number of benzene rings is 1. The first-order valence-corrected chi connectivity index (χ1v) is 8.26. The number of carbonyl (C=O) groups is 1. The Labute approximate surface area is 149 Å². The van der Waals surface area contributed by atoms with Crippen LogP contribution in [0.5, 0.6) is 0 Å². The Morgan fingerprint density at radius 1 is 1.32 bits per heavy atom. The van der Waals surface area contributed by atoms with Gasteiger partial charge < -0.3 is 4.90 Å². The molecule has 25 heavy (non-hydrogen) atoms. The Morgan fingerprint density at radius 2 is 2.04 bits per heavy atom. The maximum Gasteiger partial charge on any atom is 0.320 e. The standard InChI is InChI=1S/C16H18ClN5O3/c1-19-11-14(22(24)25)15(18-19)16(23)21-7-5-20(6-8-21)10-12-3-2-4-13(17)9-12/h2-4,9,11H,5-8,10H2,1H3. The summed E-state index contributed by atoms with van der Waals surface area (Å²) in [4.78, 5) is 26.9. The summed E-state index contributed by atoms with van der Waals surface area (Å²) in [7, 11) is 1.56. The van der Waals surface area contributed by atoms with Gasteiger partial charge in [0, 0.05) is 44.8 Å². The van der Waals surface area contributed by atoms with E-state index < -0.39 is 10.8 Å². The van der Waals surface area contributed by atoms with Crippen LogP contribution in [0.2, 0.25) is 5.02 Å². The molecule has 1 saturated heterocycles. The van der Waals surface area contributed by atoms with Crippen LogP contribution < -0.4 is 0 Å². The summed E-state index contributed by atoms with van der Waals surface area (Å²) in [6.45, 7) is 3.16. The number of nitro groups is 1. The minimum absolute atomic E-state index is 0.101. The van der Waals surface area contributed by atoms with E-state index in [1.807, 2.05) is 24.3 Å². The SMILES string of the molecule is Cn1cc([N+](=O)[O-])c(C(=O)N2CCN(Cc3cccc(Cl)c3)CC2)n1. The Balaban J connectivity index is 1.62. The number of hydrogen-bond donors (Lipinski definition) is 0. The number of carbonyl (C=O) groups excluding carboxylic acids is 1. The third-order valence-corrected chi connectivity index (χ3v) is 4.40. The highest BCUT2D eigenvalue weighted by molar-refractivity contribution is 6.30. The number of amides is 1. The Bertz CT molecular complexity index is 799. The predicted octanol–water partition coefficient (Wildman–Crippen LogP) is 1.94. The van der Waals surface area contributed by atoms with Crippen molar-refractivity contribution >= 4 is 23.2 Å². The van der Waals surface area contributed by atoms with Crippen molar-refractivity contribution in [1.29, 1.82) is 0 Å². The first-order chi connectivity index (χ1) is 11.9. The molecule has 0 saturated carbocycles. The summed E-state index contributed by atoms with van der Waals surface area (Å²) < 4.78 is 1.29. The molecule has 1 fully saturated rings. The van der Waals surface area contributed by atoms with Crippen molar-refractivity contribution < 1.29 is 9.72 Å². The molecule has 1 aliphatic heterocycles. The lowest BCUT2D eigenvalue weighted by Gasteiger charge is -2.34. The highest BCUT2D eigenvalue weighted by atomic mass is 35.5. The molecular formula is C16H18ClN5O3. The zero-order chi connectivity index (χ0) is 18.0. The van der Waals surface area contributed by atoms with E-state index in [-0.39, 0.29) is 11.4 Å². The Morgan fingerprint density at radius 3 is 2.68 bits per heavy atom.